The molecule has 0 unspecified atom stereocenters. The summed E-state index contributed by atoms with van der Waals surface area (Å²) in [6.07, 6.45) is 13.5. The van der Waals surface area contributed by atoms with E-state index in [1.165, 1.54) is 25.7 Å². The molecule has 0 N–H and O–H groups in total. The van der Waals surface area contributed by atoms with Crippen LogP contribution in [0.25, 0.3) is 0 Å². The summed E-state index contributed by atoms with van der Waals surface area (Å²) in [5, 5.41) is 0. The van der Waals surface area contributed by atoms with Crippen molar-refractivity contribution in [2.75, 3.05) is 13.2 Å². The van der Waals surface area contributed by atoms with Crippen molar-refractivity contribution in [3.05, 3.63) is 23.7 Å². The zero-order valence-electron chi connectivity index (χ0n) is 12.0. The van der Waals surface area contributed by atoms with E-state index in [2.05, 4.69) is 26.0 Å². The first kappa shape index (κ1) is 15.1. The molecule has 1 aliphatic carbocycles. The average molecular weight is 252 g/mol. The van der Waals surface area contributed by atoms with Crippen molar-refractivity contribution in [1.29, 1.82) is 0 Å². The third kappa shape index (κ3) is 6.73. The number of hydrogen-bond acceptors (Lipinski definition) is 2. The summed E-state index contributed by atoms with van der Waals surface area (Å²) < 4.78 is 11.5. The molecule has 18 heavy (non-hydrogen) atoms. The van der Waals surface area contributed by atoms with Gasteiger partial charge >= 0.3 is 0 Å². The molecule has 104 valence electrons. The monoisotopic (exact) mass is 252 g/mol. The van der Waals surface area contributed by atoms with E-state index in [4.69, 9.17) is 9.47 Å². The van der Waals surface area contributed by atoms with Crippen molar-refractivity contribution in [3.8, 4) is 0 Å². The van der Waals surface area contributed by atoms with E-state index in [9.17, 15) is 0 Å². The third-order valence-electron chi connectivity index (χ3n) is 3.14. The Morgan fingerprint density at radius 3 is 1.56 bits per heavy atom. The molecule has 0 aromatic carbocycles. The highest BCUT2D eigenvalue weighted by Crippen LogP contribution is 2.20. The fourth-order valence-corrected chi connectivity index (χ4v) is 1.95. The zero-order valence-corrected chi connectivity index (χ0v) is 12.0. The third-order valence-corrected chi connectivity index (χ3v) is 3.14. The topological polar surface area (TPSA) is 18.5 Å². The van der Waals surface area contributed by atoms with Crippen LogP contribution in [-0.4, -0.2) is 13.2 Å². The van der Waals surface area contributed by atoms with Gasteiger partial charge in [0, 0.05) is 12.8 Å². The van der Waals surface area contributed by atoms with Crippen LogP contribution in [0.2, 0.25) is 0 Å². The molecule has 0 saturated carbocycles. The van der Waals surface area contributed by atoms with Gasteiger partial charge in [0.15, 0.2) is 0 Å². The molecule has 0 aliphatic heterocycles. The second-order valence-electron chi connectivity index (χ2n) is 4.88. The van der Waals surface area contributed by atoms with Crippen LogP contribution in [0.4, 0.5) is 0 Å². The fraction of sp³-hybridized carbons (Fsp3) is 0.750. The van der Waals surface area contributed by atoms with Crippen molar-refractivity contribution >= 4 is 0 Å². The van der Waals surface area contributed by atoms with E-state index < -0.39 is 0 Å². The Balaban J connectivity index is 2.14. The summed E-state index contributed by atoms with van der Waals surface area (Å²) in [4.78, 5) is 0. The summed E-state index contributed by atoms with van der Waals surface area (Å²) in [5.41, 5.74) is 0. The fourth-order valence-electron chi connectivity index (χ4n) is 1.95. The Hall–Kier alpha value is -0.920. The normalized spacial score (nSPS) is 15.0. The largest absolute Gasteiger partial charge is 0.498 e. The minimum absolute atomic E-state index is 0.861. The van der Waals surface area contributed by atoms with E-state index in [0.717, 1.165) is 50.4 Å². The number of ether oxygens (including phenoxy) is 2. The van der Waals surface area contributed by atoms with Crippen molar-refractivity contribution in [2.45, 2.75) is 65.2 Å². The lowest BCUT2D eigenvalue weighted by Gasteiger charge is -2.16. The Bertz CT molecular complexity index is 238. The number of allylic oxidation sites excluding steroid dienone is 4. The molecule has 1 aliphatic rings. The Morgan fingerprint density at radius 2 is 1.22 bits per heavy atom. The highest BCUT2D eigenvalue weighted by atomic mass is 16.5. The Kier molecular flexibility index (Phi) is 8.45. The van der Waals surface area contributed by atoms with Gasteiger partial charge in [0.2, 0.25) is 0 Å². The molecule has 0 aromatic rings. The number of rotatable bonds is 10. The van der Waals surface area contributed by atoms with Crippen molar-refractivity contribution in [3.63, 3.8) is 0 Å². The second kappa shape index (κ2) is 10.0. The van der Waals surface area contributed by atoms with Crippen LogP contribution < -0.4 is 0 Å². The van der Waals surface area contributed by atoms with Gasteiger partial charge in [-0.25, -0.2) is 0 Å². The second-order valence-corrected chi connectivity index (χ2v) is 4.88. The van der Waals surface area contributed by atoms with Crippen LogP contribution in [0.5, 0.6) is 0 Å². The maximum atomic E-state index is 5.74. The quantitative estimate of drug-likeness (QED) is 0.511. The van der Waals surface area contributed by atoms with Crippen LogP contribution >= 0.6 is 0 Å². The van der Waals surface area contributed by atoms with Gasteiger partial charge in [0.25, 0.3) is 0 Å². The van der Waals surface area contributed by atoms with Crippen LogP contribution in [-0.2, 0) is 9.47 Å². The first-order valence-corrected chi connectivity index (χ1v) is 7.52. The van der Waals surface area contributed by atoms with Crippen LogP contribution in [0.1, 0.15) is 65.2 Å². The molecule has 0 aromatic heterocycles. The molecule has 2 heteroatoms. The lowest BCUT2D eigenvalue weighted by Crippen LogP contribution is -2.03. The van der Waals surface area contributed by atoms with Crippen LogP contribution in [0.15, 0.2) is 23.7 Å². The van der Waals surface area contributed by atoms with Gasteiger partial charge < -0.3 is 9.47 Å². The Morgan fingerprint density at radius 1 is 0.778 bits per heavy atom. The van der Waals surface area contributed by atoms with Gasteiger partial charge in [-0.3, -0.25) is 0 Å². The number of unbranched alkanes of at least 4 members (excludes halogenated alkanes) is 4. The van der Waals surface area contributed by atoms with Crippen molar-refractivity contribution in [2.24, 2.45) is 0 Å². The summed E-state index contributed by atoms with van der Waals surface area (Å²) >= 11 is 0. The molecule has 0 saturated heterocycles. The van der Waals surface area contributed by atoms with E-state index in [-0.39, 0.29) is 0 Å². The molecule has 0 bridgehead atoms. The van der Waals surface area contributed by atoms with Crippen molar-refractivity contribution < 1.29 is 9.47 Å². The molecule has 0 fully saturated rings. The maximum absolute atomic E-state index is 5.74. The van der Waals surface area contributed by atoms with Crippen LogP contribution in [0, 0.1) is 0 Å². The Labute approximate surface area is 112 Å². The van der Waals surface area contributed by atoms with Gasteiger partial charge in [-0.05, 0) is 25.0 Å². The highest BCUT2D eigenvalue weighted by molar-refractivity contribution is 5.17. The standard InChI is InChI=1S/C16H28O2/c1-3-5-7-13-17-15-9-11-16(12-10-15)18-14-8-6-4-2/h9,11H,3-8,10,12-14H2,1-2H3. The minimum atomic E-state index is 0.861. The molecule has 0 atom stereocenters. The van der Waals surface area contributed by atoms with Gasteiger partial charge in [0.1, 0.15) is 0 Å². The SMILES string of the molecule is CCCCCOC1=CC=C(OCCCCC)CC1. The lowest BCUT2D eigenvalue weighted by atomic mass is 10.1. The van der Waals surface area contributed by atoms with E-state index >= 15 is 0 Å². The molecule has 0 amide bonds. The molecule has 0 spiro atoms. The van der Waals surface area contributed by atoms with Gasteiger partial charge in [-0.1, -0.05) is 39.5 Å². The van der Waals surface area contributed by atoms with Crippen molar-refractivity contribution in [1.82, 2.24) is 0 Å². The van der Waals surface area contributed by atoms with Gasteiger partial charge in [-0.2, -0.15) is 0 Å². The molecule has 1 rings (SSSR count). The summed E-state index contributed by atoms with van der Waals surface area (Å²) in [5.74, 6) is 2.24. The van der Waals surface area contributed by atoms with Crippen LogP contribution in [0.3, 0.4) is 0 Å². The first-order valence-electron chi connectivity index (χ1n) is 7.52. The predicted molar refractivity (Wildman–Crippen MR) is 76.4 cm³/mol. The summed E-state index contributed by atoms with van der Waals surface area (Å²) in [6, 6.07) is 0. The van der Waals surface area contributed by atoms with Gasteiger partial charge in [-0.15, -0.1) is 0 Å². The minimum Gasteiger partial charge on any atom is -0.498 e. The summed E-state index contributed by atoms with van der Waals surface area (Å²) in [7, 11) is 0. The van der Waals surface area contributed by atoms with Gasteiger partial charge in [0.05, 0.1) is 24.7 Å². The molecular formula is C16H28O2. The van der Waals surface area contributed by atoms with E-state index in [1.54, 1.807) is 0 Å². The maximum Gasteiger partial charge on any atom is 0.0965 e. The lowest BCUT2D eigenvalue weighted by molar-refractivity contribution is 0.171. The average Bonchev–Trinajstić information content (AvgIpc) is 2.41. The van der Waals surface area contributed by atoms with E-state index in [1.807, 2.05) is 0 Å². The molecule has 0 radical (unpaired) electrons. The molecule has 0 heterocycles. The predicted octanol–water partition coefficient (Wildman–Crippen LogP) is 4.96. The molecular weight excluding hydrogens is 224 g/mol. The van der Waals surface area contributed by atoms with E-state index in [0.29, 0.717) is 0 Å². The first-order chi connectivity index (χ1) is 8.86. The number of hydrogen-bond donors (Lipinski definition) is 0. The summed E-state index contributed by atoms with van der Waals surface area (Å²) in [6.45, 7) is 6.15. The highest BCUT2D eigenvalue weighted by Gasteiger charge is 2.08. The zero-order chi connectivity index (χ0) is 13.1. The molecule has 2 nitrogen and oxygen atoms in total. The smallest absolute Gasteiger partial charge is 0.0965 e.